The van der Waals surface area contributed by atoms with Gasteiger partial charge in [0.2, 0.25) is 0 Å². The van der Waals surface area contributed by atoms with E-state index >= 15 is 0 Å². The number of ether oxygens (including phenoxy) is 1. The lowest BCUT2D eigenvalue weighted by atomic mass is 9.68. The van der Waals surface area contributed by atoms with Crippen LogP contribution in [0, 0.1) is 11.3 Å². The summed E-state index contributed by atoms with van der Waals surface area (Å²) in [5.41, 5.74) is 7.02. The van der Waals surface area contributed by atoms with Crippen molar-refractivity contribution < 1.29 is 4.74 Å². The van der Waals surface area contributed by atoms with E-state index in [4.69, 9.17) is 4.74 Å². The van der Waals surface area contributed by atoms with Gasteiger partial charge in [-0.3, -0.25) is 0 Å². The summed E-state index contributed by atoms with van der Waals surface area (Å²) >= 11 is 0. The Morgan fingerprint density at radius 2 is 1.54 bits per heavy atom. The van der Waals surface area contributed by atoms with Gasteiger partial charge in [0.15, 0.2) is 0 Å². The summed E-state index contributed by atoms with van der Waals surface area (Å²) in [6.45, 7) is 2.26. The van der Waals surface area contributed by atoms with Crippen molar-refractivity contribution in [3.63, 3.8) is 0 Å². The van der Waals surface area contributed by atoms with Crippen LogP contribution in [0.2, 0.25) is 0 Å². The SMILES string of the molecule is C[C@@]12C(c3cc(C#N)ccc3-n3c4ccccc4c4ccccc43)=CC=CC1Oc1ccccc12. The van der Waals surface area contributed by atoms with E-state index in [1.807, 2.05) is 24.3 Å². The minimum absolute atomic E-state index is 0.100. The number of hydrogen-bond acceptors (Lipinski definition) is 2. The molecule has 4 aromatic carbocycles. The lowest BCUT2D eigenvalue weighted by Gasteiger charge is -2.35. The number of fused-ring (bicyclic) bond motifs is 6. The average molecular weight is 451 g/mol. The topological polar surface area (TPSA) is 38.0 Å². The number of nitriles is 1. The molecule has 0 saturated heterocycles. The molecule has 2 aliphatic rings. The molecule has 0 bridgehead atoms. The zero-order chi connectivity index (χ0) is 23.6. The average Bonchev–Trinajstić information content (AvgIpc) is 3.40. The first-order chi connectivity index (χ1) is 17.2. The van der Waals surface area contributed by atoms with Gasteiger partial charge in [0.25, 0.3) is 0 Å². The third-order valence-corrected chi connectivity index (χ3v) is 7.61. The molecule has 35 heavy (non-hydrogen) atoms. The normalized spacial score (nSPS) is 20.2. The van der Waals surface area contributed by atoms with Crippen LogP contribution in [-0.2, 0) is 5.41 Å². The van der Waals surface area contributed by atoms with Crippen molar-refractivity contribution in [1.29, 1.82) is 5.26 Å². The summed E-state index contributed by atoms with van der Waals surface area (Å²) in [5.74, 6) is 0.923. The Morgan fingerprint density at radius 3 is 2.29 bits per heavy atom. The van der Waals surface area contributed by atoms with E-state index in [9.17, 15) is 5.26 Å². The molecule has 3 heteroatoms. The van der Waals surface area contributed by atoms with E-state index in [1.165, 1.54) is 16.3 Å². The Morgan fingerprint density at radius 1 is 0.857 bits per heavy atom. The van der Waals surface area contributed by atoms with Gasteiger partial charge in [0.05, 0.1) is 33.8 Å². The number of rotatable bonds is 2. The quantitative estimate of drug-likeness (QED) is 0.282. The standard InChI is InChI=1S/C32H22N2O/c1-32-25(12-8-16-31(32)35-30-15-7-4-11-26(30)32)24-19-21(20-33)17-18-29(24)34-27-13-5-2-9-22(27)23-10-3-6-14-28(23)34/h2-19,31H,1H3/t31?,32-/m0/s1. The van der Waals surface area contributed by atoms with Gasteiger partial charge >= 0.3 is 0 Å². The van der Waals surface area contributed by atoms with Crippen LogP contribution >= 0.6 is 0 Å². The highest BCUT2D eigenvalue weighted by atomic mass is 16.5. The Kier molecular flexibility index (Phi) is 4.10. The van der Waals surface area contributed by atoms with E-state index in [0.717, 1.165) is 33.6 Å². The smallest absolute Gasteiger partial charge is 0.131 e. The fourth-order valence-electron chi connectivity index (χ4n) is 5.93. The first kappa shape index (κ1) is 19.9. The van der Waals surface area contributed by atoms with Crippen molar-refractivity contribution in [3.8, 4) is 17.5 Å². The van der Waals surface area contributed by atoms with Crippen LogP contribution in [0.5, 0.6) is 5.75 Å². The van der Waals surface area contributed by atoms with E-state index in [2.05, 4.69) is 103 Å². The first-order valence-corrected chi connectivity index (χ1v) is 11.9. The van der Waals surface area contributed by atoms with E-state index in [1.54, 1.807) is 0 Å². The van der Waals surface area contributed by atoms with Gasteiger partial charge in [0.1, 0.15) is 11.9 Å². The van der Waals surface area contributed by atoms with Crippen molar-refractivity contribution >= 4 is 27.4 Å². The van der Waals surface area contributed by atoms with Gasteiger partial charge in [-0.25, -0.2) is 0 Å². The summed E-state index contributed by atoms with van der Waals surface area (Å²) < 4.78 is 8.73. The van der Waals surface area contributed by atoms with Crippen molar-refractivity contribution in [1.82, 2.24) is 4.57 Å². The zero-order valence-electron chi connectivity index (χ0n) is 19.3. The molecule has 0 fully saturated rings. The van der Waals surface area contributed by atoms with Crippen LogP contribution in [0.25, 0.3) is 33.1 Å². The van der Waals surface area contributed by atoms with Crippen LogP contribution in [0.4, 0.5) is 0 Å². The molecule has 3 nitrogen and oxygen atoms in total. The molecule has 1 aliphatic heterocycles. The minimum atomic E-state index is -0.368. The molecule has 1 aromatic heterocycles. The molecular formula is C32H22N2O. The van der Waals surface area contributed by atoms with Crippen LogP contribution in [-0.4, -0.2) is 10.7 Å². The second-order valence-corrected chi connectivity index (χ2v) is 9.42. The summed E-state index contributed by atoms with van der Waals surface area (Å²) in [6, 6.07) is 33.8. The van der Waals surface area contributed by atoms with E-state index in [-0.39, 0.29) is 11.5 Å². The molecule has 0 radical (unpaired) electrons. The molecule has 0 spiro atoms. The summed E-state index contributed by atoms with van der Waals surface area (Å²) in [4.78, 5) is 0. The minimum Gasteiger partial charge on any atom is -0.485 e. The molecule has 0 N–H and O–H groups in total. The Bertz CT molecular complexity index is 1710. The molecule has 166 valence electrons. The first-order valence-electron chi connectivity index (χ1n) is 11.9. The molecular weight excluding hydrogens is 428 g/mol. The predicted molar refractivity (Wildman–Crippen MR) is 141 cm³/mol. The Hall–Kier alpha value is -4.55. The van der Waals surface area contributed by atoms with Crippen LogP contribution < -0.4 is 4.74 Å². The fourth-order valence-corrected chi connectivity index (χ4v) is 5.93. The zero-order valence-corrected chi connectivity index (χ0v) is 19.3. The van der Waals surface area contributed by atoms with Gasteiger partial charge in [-0.2, -0.15) is 5.26 Å². The fraction of sp³-hybridized carbons (Fsp3) is 0.0938. The van der Waals surface area contributed by atoms with Crippen LogP contribution in [0.3, 0.4) is 0 Å². The maximum absolute atomic E-state index is 9.82. The molecule has 0 amide bonds. The van der Waals surface area contributed by atoms with Crippen molar-refractivity contribution in [2.75, 3.05) is 0 Å². The number of hydrogen-bond donors (Lipinski definition) is 0. The summed E-state index contributed by atoms with van der Waals surface area (Å²) in [7, 11) is 0. The van der Waals surface area contributed by atoms with E-state index < -0.39 is 0 Å². The largest absolute Gasteiger partial charge is 0.485 e. The van der Waals surface area contributed by atoms with Crippen LogP contribution in [0.1, 0.15) is 23.6 Å². The maximum Gasteiger partial charge on any atom is 0.131 e. The third kappa shape index (κ3) is 2.65. The van der Waals surface area contributed by atoms with Gasteiger partial charge < -0.3 is 9.30 Å². The molecule has 1 aliphatic carbocycles. The number of nitrogens with zero attached hydrogens (tertiary/aromatic N) is 2. The molecule has 5 aromatic rings. The second-order valence-electron chi connectivity index (χ2n) is 9.42. The predicted octanol–water partition coefficient (Wildman–Crippen LogP) is 7.33. The summed E-state index contributed by atoms with van der Waals surface area (Å²) in [5, 5.41) is 12.3. The highest BCUT2D eigenvalue weighted by molar-refractivity contribution is 6.09. The van der Waals surface area contributed by atoms with Crippen molar-refractivity contribution in [2.24, 2.45) is 0 Å². The van der Waals surface area contributed by atoms with Gasteiger partial charge in [-0.1, -0.05) is 66.7 Å². The number of para-hydroxylation sites is 3. The van der Waals surface area contributed by atoms with Crippen molar-refractivity contribution in [2.45, 2.75) is 18.4 Å². The summed E-state index contributed by atoms with van der Waals surface area (Å²) in [6.07, 6.45) is 6.31. The molecule has 1 unspecified atom stereocenters. The lowest BCUT2D eigenvalue weighted by Crippen LogP contribution is -2.36. The third-order valence-electron chi connectivity index (χ3n) is 7.61. The second kappa shape index (κ2) is 7.22. The van der Waals surface area contributed by atoms with Gasteiger partial charge in [-0.15, -0.1) is 0 Å². The molecule has 2 atom stereocenters. The van der Waals surface area contributed by atoms with Crippen molar-refractivity contribution in [3.05, 3.63) is 126 Å². The highest BCUT2D eigenvalue weighted by Crippen LogP contribution is 2.53. The lowest BCUT2D eigenvalue weighted by molar-refractivity contribution is 0.233. The number of allylic oxidation sites excluding steroid dienone is 2. The van der Waals surface area contributed by atoms with Gasteiger partial charge in [0, 0.05) is 21.9 Å². The van der Waals surface area contributed by atoms with Crippen LogP contribution in [0.15, 0.2) is 109 Å². The number of benzene rings is 4. The Labute approximate surface area is 203 Å². The monoisotopic (exact) mass is 450 g/mol. The molecule has 7 rings (SSSR count). The van der Waals surface area contributed by atoms with E-state index in [0.29, 0.717) is 5.56 Å². The highest BCUT2D eigenvalue weighted by Gasteiger charge is 2.48. The molecule has 2 heterocycles. The maximum atomic E-state index is 9.82. The Balaban J connectivity index is 1.56. The molecule has 0 saturated carbocycles. The number of aromatic nitrogens is 1. The van der Waals surface area contributed by atoms with Gasteiger partial charge in [-0.05, 0) is 55.0 Å².